The van der Waals surface area contributed by atoms with Gasteiger partial charge in [0, 0.05) is 18.7 Å². The Labute approximate surface area is 95.7 Å². The Balaban J connectivity index is 2.27. The van der Waals surface area contributed by atoms with Crippen molar-refractivity contribution in [2.45, 2.75) is 38.9 Å². The van der Waals surface area contributed by atoms with Crippen molar-refractivity contribution < 1.29 is 13.7 Å². The largest absolute Gasteiger partial charge is 0.496 e. The Morgan fingerprint density at radius 2 is 1.69 bits per heavy atom. The van der Waals surface area contributed by atoms with E-state index < -0.39 is 7.12 Å². The third-order valence-corrected chi connectivity index (χ3v) is 3.49. The van der Waals surface area contributed by atoms with E-state index in [2.05, 4.69) is 0 Å². The minimum absolute atomic E-state index is 0.287. The average molecular weight is 225 g/mol. The molecular weight excluding hydrogens is 208 g/mol. The van der Waals surface area contributed by atoms with Gasteiger partial charge < -0.3 is 13.9 Å². The molecule has 0 radical (unpaired) electrons. The van der Waals surface area contributed by atoms with Crippen LogP contribution >= 0.6 is 0 Å². The van der Waals surface area contributed by atoms with Crippen molar-refractivity contribution in [3.8, 4) is 0 Å². The summed E-state index contributed by atoms with van der Waals surface area (Å²) in [5.41, 5.74) is -0.0489. The highest BCUT2D eigenvalue weighted by atomic mass is 19.1. The van der Waals surface area contributed by atoms with E-state index in [0.29, 0.717) is 0 Å². The molecule has 0 N–H and O–H groups in total. The van der Waals surface area contributed by atoms with Gasteiger partial charge in [-0.2, -0.15) is 4.39 Å². The van der Waals surface area contributed by atoms with Crippen LogP contribution in [0.4, 0.5) is 4.39 Å². The molecule has 0 saturated carbocycles. The van der Waals surface area contributed by atoms with E-state index in [9.17, 15) is 4.39 Å². The molecule has 2 heterocycles. The number of aromatic nitrogens is 1. The van der Waals surface area contributed by atoms with Crippen molar-refractivity contribution in [3.63, 3.8) is 0 Å². The lowest BCUT2D eigenvalue weighted by Crippen LogP contribution is -2.41. The van der Waals surface area contributed by atoms with Crippen molar-refractivity contribution >= 4 is 12.6 Å². The first-order chi connectivity index (χ1) is 7.23. The minimum Gasteiger partial charge on any atom is -0.399 e. The Morgan fingerprint density at radius 3 is 2.06 bits per heavy atom. The summed E-state index contributed by atoms with van der Waals surface area (Å²) in [4.78, 5) is 0. The van der Waals surface area contributed by atoms with Crippen LogP contribution in [0.2, 0.25) is 0 Å². The summed E-state index contributed by atoms with van der Waals surface area (Å²) in [7, 11) is 1.17. The summed E-state index contributed by atoms with van der Waals surface area (Å²) in [5, 5.41) is 0. The van der Waals surface area contributed by atoms with Gasteiger partial charge in [-0.05, 0) is 33.8 Å². The summed E-state index contributed by atoms with van der Waals surface area (Å²) in [6.45, 7) is 7.91. The van der Waals surface area contributed by atoms with E-state index in [4.69, 9.17) is 9.31 Å². The van der Waals surface area contributed by atoms with Gasteiger partial charge in [0.1, 0.15) is 0 Å². The molecular formula is C11H17BFNO2. The number of aryl methyl sites for hydroxylation is 1. The smallest absolute Gasteiger partial charge is 0.399 e. The van der Waals surface area contributed by atoms with Crippen LogP contribution in [0, 0.1) is 5.95 Å². The molecule has 0 unspecified atom stereocenters. The van der Waals surface area contributed by atoms with Gasteiger partial charge in [0.2, 0.25) is 0 Å². The molecule has 0 atom stereocenters. The van der Waals surface area contributed by atoms with Crippen LogP contribution in [-0.2, 0) is 16.4 Å². The Morgan fingerprint density at radius 1 is 1.19 bits per heavy atom. The number of halogens is 1. The van der Waals surface area contributed by atoms with Crippen molar-refractivity contribution in [3.05, 3.63) is 18.2 Å². The predicted molar refractivity (Wildman–Crippen MR) is 61.1 cm³/mol. The second-order valence-electron chi connectivity index (χ2n) is 5.30. The van der Waals surface area contributed by atoms with Gasteiger partial charge in [-0.1, -0.05) is 0 Å². The quantitative estimate of drug-likeness (QED) is 0.675. The lowest BCUT2D eigenvalue weighted by atomic mass is 9.81. The van der Waals surface area contributed by atoms with Gasteiger partial charge in [0.05, 0.1) is 11.2 Å². The lowest BCUT2D eigenvalue weighted by Gasteiger charge is -2.32. The molecule has 1 aliphatic rings. The predicted octanol–water partition coefficient (Wildman–Crippen LogP) is 1.46. The highest BCUT2D eigenvalue weighted by molar-refractivity contribution is 6.62. The van der Waals surface area contributed by atoms with Crippen molar-refractivity contribution in [1.29, 1.82) is 0 Å². The highest BCUT2D eigenvalue weighted by Gasteiger charge is 2.52. The lowest BCUT2D eigenvalue weighted by molar-refractivity contribution is 0.00578. The van der Waals surface area contributed by atoms with Crippen LogP contribution in [0.3, 0.4) is 0 Å². The summed E-state index contributed by atoms with van der Waals surface area (Å²) in [5.74, 6) is -0.287. The van der Waals surface area contributed by atoms with E-state index >= 15 is 0 Å². The second-order valence-corrected chi connectivity index (χ2v) is 5.30. The fourth-order valence-electron chi connectivity index (χ4n) is 1.67. The third kappa shape index (κ3) is 1.68. The first kappa shape index (κ1) is 11.7. The Bertz CT molecular complexity index is 379. The molecule has 88 valence electrons. The topological polar surface area (TPSA) is 23.4 Å². The van der Waals surface area contributed by atoms with Gasteiger partial charge in [-0.25, -0.2) is 0 Å². The van der Waals surface area contributed by atoms with E-state index in [0.717, 1.165) is 5.46 Å². The zero-order valence-corrected chi connectivity index (χ0v) is 10.4. The Hall–Kier alpha value is -0.805. The fraction of sp³-hybridized carbons (Fsp3) is 0.636. The van der Waals surface area contributed by atoms with Gasteiger partial charge in [0.15, 0.2) is 5.95 Å². The monoisotopic (exact) mass is 225 g/mol. The maximum Gasteiger partial charge on any atom is 0.496 e. The molecule has 3 nitrogen and oxygen atoms in total. The maximum atomic E-state index is 13.2. The maximum absolute atomic E-state index is 13.2. The molecule has 0 bridgehead atoms. The van der Waals surface area contributed by atoms with Crippen LogP contribution in [0.1, 0.15) is 27.7 Å². The molecule has 1 aromatic rings. The zero-order chi connectivity index (χ0) is 12.1. The average Bonchev–Trinajstić information content (AvgIpc) is 2.54. The van der Waals surface area contributed by atoms with Crippen LogP contribution in [0.25, 0.3) is 0 Å². The number of hydrogen-bond donors (Lipinski definition) is 0. The highest BCUT2D eigenvalue weighted by Crippen LogP contribution is 2.36. The molecule has 5 heteroatoms. The fourth-order valence-corrected chi connectivity index (χ4v) is 1.67. The van der Waals surface area contributed by atoms with E-state index in [1.54, 1.807) is 13.2 Å². The van der Waals surface area contributed by atoms with Gasteiger partial charge in [-0.3, -0.25) is 0 Å². The van der Waals surface area contributed by atoms with Crippen molar-refractivity contribution in [2.24, 2.45) is 7.05 Å². The van der Waals surface area contributed by atoms with Gasteiger partial charge >= 0.3 is 7.12 Å². The minimum atomic E-state index is -0.485. The second kappa shape index (κ2) is 3.34. The molecule has 1 saturated heterocycles. The van der Waals surface area contributed by atoms with Crippen LogP contribution in [-0.4, -0.2) is 22.9 Å². The zero-order valence-electron chi connectivity index (χ0n) is 10.4. The van der Waals surface area contributed by atoms with Crippen LogP contribution in [0.5, 0.6) is 0 Å². The molecule has 0 aliphatic carbocycles. The molecule has 1 aromatic heterocycles. The summed E-state index contributed by atoms with van der Waals surface area (Å²) in [6, 6.07) is 1.45. The van der Waals surface area contributed by atoms with Crippen LogP contribution < -0.4 is 5.46 Å². The standard InChI is InChI=1S/C11H17BFNO2/c1-10(2)11(3,4)16-12(15-10)8-6-9(13)14(5)7-8/h6-7H,1-5H3. The molecule has 0 spiro atoms. The third-order valence-electron chi connectivity index (χ3n) is 3.49. The molecule has 16 heavy (non-hydrogen) atoms. The van der Waals surface area contributed by atoms with E-state index in [1.807, 2.05) is 27.7 Å². The first-order valence-electron chi connectivity index (χ1n) is 5.40. The SMILES string of the molecule is Cn1cc(B2OC(C)(C)C(C)(C)O2)cc1F. The van der Waals surface area contributed by atoms with Gasteiger partial charge in [-0.15, -0.1) is 0 Å². The first-order valence-corrected chi connectivity index (χ1v) is 5.40. The normalized spacial score (nSPS) is 22.8. The molecule has 0 amide bonds. The summed E-state index contributed by atoms with van der Waals surface area (Å²) >= 11 is 0. The summed E-state index contributed by atoms with van der Waals surface area (Å²) in [6.07, 6.45) is 1.69. The van der Waals surface area contributed by atoms with Crippen LogP contribution in [0.15, 0.2) is 12.3 Å². The molecule has 1 aliphatic heterocycles. The van der Waals surface area contributed by atoms with Crippen molar-refractivity contribution in [1.82, 2.24) is 4.57 Å². The van der Waals surface area contributed by atoms with E-state index in [-0.39, 0.29) is 17.1 Å². The molecule has 1 fully saturated rings. The van der Waals surface area contributed by atoms with Gasteiger partial charge in [0.25, 0.3) is 0 Å². The van der Waals surface area contributed by atoms with Crippen molar-refractivity contribution in [2.75, 3.05) is 0 Å². The number of hydrogen-bond acceptors (Lipinski definition) is 2. The molecule has 2 rings (SSSR count). The molecule has 0 aromatic carbocycles. The summed E-state index contributed by atoms with van der Waals surface area (Å²) < 4.78 is 26.3. The number of nitrogens with zero attached hydrogens (tertiary/aromatic N) is 1. The Kier molecular flexibility index (Phi) is 2.44. The van der Waals surface area contributed by atoms with E-state index in [1.165, 1.54) is 10.6 Å². The number of rotatable bonds is 1.